The Morgan fingerprint density at radius 1 is 1.12 bits per heavy atom. The molecule has 0 aliphatic carbocycles. The minimum absolute atomic E-state index is 0.0385. The average molecular weight is 358 g/mol. The normalized spacial score (nSPS) is 15.5. The van der Waals surface area contributed by atoms with Crippen molar-refractivity contribution in [1.82, 2.24) is 9.62 Å². The summed E-state index contributed by atoms with van der Waals surface area (Å²) in [5.74, 6) is -0.0385. The first-order valence-electron chi connectivity index (χ1n) is 8.32. The van der Waals surface area contributed by atoms with E-state index < -0.39 is 10.0 Å². The number of sulfonamides is 1. The Morgan fingerprint density at radius 2 is 1.84 bits per heavy atom. The van der Waals surface area contributed by atoms with Gasteiger partial charge in [-0.1, -0.05) is 42.5 Å². The molecule has 0 spiro atoms. The summed E-state index contributed by atoms with van der Waals surface area (Å²) in [6.07, 6.45) is 0.673. The molecule has 1 aliphatic heterocycles. The molecule has 1 amide bonds. The van der Waals surface area contributed by atoms with Crippen molar-refractivity contribution in [2.45, 2.75) is 37.8 Å². The van der Waals surface area contributed by atoms with Gasteiger partial charge >= 0.3 is 0 Å². The van der Waals surface area contributed by atoms with Crippen LogP contribution >= 0.6 is 0 Å². The van der Waals surface area contributed by atoms with Crippen LogP contribution in [0.25, 0.3) is 0 Å². The van der Waals surface area contributed by atoms with E-state index in [-0.39, 0.29) is 16.8 Å². The molecule has 2 aromatic carbocycles. The van der Waals surface area contributed by atoms with Gasteiger partial charge in [0.25, 0.3) is 0 Å². The van der Waals surface area contributed by atoms with E-state index >= 15 is 0 Å². The predicted octanol–water partition coefficient (Wildman–Crippen LogP) is 2.63. The molecule has 1 atom stereocenters. The molecule has 3 rings (SSSR count). The first-order valence-corrected chi connectivity index (χ1v) is 9.80. The second-order valence-electron chi connectivity index (χ2n) is 6.34. The van der Waals surface area contributed by atoms with Gasteiger partial charge in [-0.25, -0.2) is 13.1 Å². The lowest BCUT2D eigenvalue weighted by Gasteiger charge is -2.29. The van der Waals surface area contributed by atoms with Crippen LogP contribution in [-0.4, -0.2) is 25.8 Å². The number of hydrogen-bond acceptors (Lipinski definition) is 3. The molecular weight excluding hydrogens is 336 g/mol. The Labute approximate surface area is 148 Å². The topological polar surface area (TPSA) is 66.5 Å². The smallest absolute Gasteiger partial charge is 0.241 e. The van der Waals surface area contributed by atoms with Gasteiger partial charge in [0.15, 0.2) is 0 Å². The fourth-order valence-electron chi connectivity index (χ4n) is 3.18. The number of benzene rings is 2. The van der Waals surface area contributed by atoms with Gasteiger partial charge in [0.05, 0.1) is 4.90 Å². The Kier molecular flexibility index (Phi) is 4.92. The first kappa shape index (κ1) is 17.6. The molecule has 0 aromatic heterocycles. The number of nitrogens with one attached hydrogen (secondary N) is 1. The zero-order chi connectivity index (χ0) is 18.0. The van der Waals surface area contributed by atoms with Crippen molar-refractivity contribution in [3.8, 4) is 0 Å². The molecule has 2 aromatic rings. The van der Waals surface area contributed by atoms with Crippen molar-refractivity contribution in [2.75, 3.05) is 6.54 Å². The summed E-state index contributed by atoms with van der Waals surface area (Å²) in [6, 6.07) is 14.4. The van der Waals surface area contributed by atoms with E-state index in [1.165, 1.54) is 6.92 Å². The van der Waals surface area contributed by atoms with Crippen molar-refractivity contribution in [1.29, 1.82) is 0 Å². The van der Waals surface area contributed by atoms with Gasteiger partial charge in [0, 0.05) is 26.1 Å². The molecule has 132 valence electrons. The number of hydrogen-bond donors (Lipinski definition) is 1. The van der Waals surface area contributed by atoms with Crippen LogP contribution in [0, 0.1) is 0 Å². The van der Waals surface area contributed by atoms with E-state index in [9.17, 15) is 13.2 Å². The highest BCUT2D eigenvalue weighted by atomic mass is 32.2. The van der Waals surface area contributed by atoms with Crippen LogP contribution in [0.1, 0.15) is 36.6 Å². The molecule has 6 heteroatoms. The summed E-state index contributed by atoms with van der Waals surface area (Å²) >= 11 is 0. The van der Waals surface area contributed by atoms with Crippen molar-refractivity contribution in [3.63, 3.8) is 0 Å². The molecule has 0 saturated heterocycles. The van der Waals surface area contributed by atoms with E-state index in [4.69, 9.17) is 0 Å². The van der Waals surface area contributed by atoms with Gasteiger partial charge in [-0.05, 0) is 36.1 Å². The van der Waals surface area contributed by atoms with Crippen molar-refractivity contribution < 1.29 is 13.2 Å². The van der Waals surface area contributed by atoms with E-state index in [0.29, 0.717) is 19.5 Å². The van der Waals surface area contributed by atoms with E-state index in [1.54, 1.807) is 17.0 Å². The van der Waals surface area contributed by atoms with Crippen molar-refractivity contribution in [2.24, 2.45) is 0 Å². The summed E-state index contributed by atoms with van der Waals surface area (Å²) in [7, 11) is -3.69. The molecule has 0 saturated carbocycles. The highest BCUT2D eigenvalue weighted by Gasteiger charge is 2.27. The maximum absolute atomic E-state index is 12.9. The number of rotatable bonds is 4. The average Bonchev–Trinajstić information content (AvgIpc) is 2.61. The van der Waals surface area contributed by atoms with Crippen LogP contribution in [0.2, 0.25) is 0 Å². The lowest BCUT2D eigenvalue weighted by molar-refractivity contribution is -0.129. The fourth-order valence-corrected chi connectivity index (χ4v) is 4.68. The quantitative estimate of drug-likeness (QED) is 0.914. The third-order valence-corrected chi connectivity index (χ3v) is 6.22. The summed E-state index contributed by atoms with van der Waals surface area (Å²) in [5, 5.41) is 0. The molecule has 5 nitrogen and oxygen atoms in total. The Morgan fingerprint density at radius 3 is 2.52 bits per heavy atom. The molecule has 0 radical (unpaired) electrons. The highest BCUT2D eigenvalue weighted by molar-refractivity contribution is 7.89. The molecule has 25 heavy (non-hydrogen) atoms. The van der Waals surface area contributed by atoms with E-state index in [1.807, 2.05) is 43.3 Å². The van der Waals surface area contributed by atoms with Crippen LogP contribution < -0.4 is 4.72 Å². The number of carbonyl (C=O) groups is 1. The second kappa shape index (κ2) is 6.98. The Balaban J connectivity index is 1.92. The van der Waals surface area contributed by atoms with Gasteiger partial charge in [-0.2, -0.15) is 0 Å². The van der Waals surface area contributed by atoms with Gasteiger partial charge in [-0.15, -0.1) is 0 Å². The SMILES string of the molecule is CC(=O)N1CCc2cccc(S(=O)(=O)N[C@H](C)c3ccccc3)c2C1. The standard InChI is InChI=1S/C19H22N2O3S/c1-14(16-7-4-3-5-8-16)20-25(23,24)19-10-6-9-17-11-12-21(15(2)22)13-18(17)19/h3-10,14,20H,11-13H2,1-2H3/t14-/m1/s1. The summed E-state index contributed by atoms with van der Waals surface area (Å²) < 4.78 is 28.7. The van der Waals surface area contributed by atoms with Gasteiger partial charge in [-0.3, -0.25) is 4.79 Å². The Hall–Kier alpha value is -2.18. The third-order valence-electron chi connectivity index (χ3n) is 4.60. The number of amides is 1. The van der Waals surface area contributed by atoms with Crippen LogP contribution in [-0.2, 0) is 27.8 Å². The molecular formula is C19H22N2O3S. The minimum Gasteiger partial charge on any atom is -0.338 e. The maximum Gasteiger partial charge on any atom is 0.241 e. The minimum atomic E-state index is -3.69. The van der Waals surface area contributed by atoms with E-state index in [2.05, 4.69) is 4.72 Å². The lowest BCUT2D eigenvalue weighted by Crippen LogP contribution is -2.36. The van der Waals surface area contributed by atoms with Gasteiger partial charge < -0.3 is 4.90 Å². The van der Waals surface area contributed by atoms with Crippen LogP contribution in [0.4, 0.5) is 0 Å². The van der Waals surface area contributed by atoms with Crippen LogP contribution in [0.3, 0.4) is 0 Å². The third kappa shape index (κ3) is 3.75. The van der Waals surface area contributed by atoms with Crippen LogP contribution in [0.5, 0.6) is 0 Å². The summed E-state index contributed by atoms with van der Waals surface area (Å²) in [6.45, 7) is 4.29. The van der Waals surface area contributed by atoms with Gasteiger partial charge in [0.1, 0.15) is 0 Å². The van der Waals surface area contributed by atoms with Crippen molar-refractivity contribution >= 4 is 15.9 Å². The predicted molar refractivity (Wildman–Crippen MR) is 96.4 cm³/mol. The second-order valence-corrected chi connectivity index (χ2v) is 8.02. The maximum atomic E-state index is 12.9. The zero-order valence-corrected chi connectivity index (χ0v) is 15.2. The highest BCUT2D eigenvalue weighted by Crippen LogP contribution is 2.27. The molecule has 0 unspecified atom stereocenters. The molecule has 1 aliphatic rings. The largest absolute Gasteiger partial charge is 0.338 e. The summed E-state index contributed by atoms with van der Waals surface area (Å²) in [4.78, 5) is 13.6. The number of fused-ring (bicyclic) bond motifs is 1. The number of carbonyl (C=O) groups excluding carboxylic acids is 1. The molecule has 0 bridgehead atoms. The van der Waals surface area contributed by atoms with Crippen molar-refractivity contribution in [3.05, 3.63) is 65.2 Å². The van der Waals surface area contributed by atoms with Crippen LogP contribution in [0.15, 0.2) is 53.4 Å². The zero-order valence-electron chi connectivity index (χ0n) is 14.4. The Bertz CT molecular complexity index is 879. The number of nitrogens with zero attached hydrogens (tertiary/aromatic N) is 1. The van der Waals surface area contributed by atoms with Gasteiger partial charge in [0.2, 0.25) is 15.9 Å². The molecule has 0 fully saturated rings. The monoisotopic (exact) mass is 358 g/mol. The first-order chi connectivity index (χ1) is 11.9. The fraction of sp³-hybridized carbons (Fsp3) is 0.316. The lowest BCUT2D eigenvalue weighted by atomic mass is 10.00. The summed E-state index contributed by atoms with van der Waals surface area (Å²) in [5.41, 5.74) is 2.62. The van der Waals surface area contributed by atoms with E-state index in [0.717, 1.165) is 16.7 Å². The molecule has 1 heterocycles. The molecule has 1 N–H and O–H groups in total.